The quantitative estimate of drug-likeness (QED) is 0.626. The molecular formula is C15H13F3N2O3. The number of nitro benzene ring substituents is 1. The number of ether oxygens (including phenoxy) is 1. The molecule has 0 saturated carbocycles. The van der Waals surface area contributed by atoms with Gasteiger partial charge in [0.05, 0.1) is 4.92 Å². The highest BCUT2D eigenvalue weighted by Gasteiger charge is 2.21. The zero-order chi connectivity index (χ0) is 17.0. The zero-order valence-electron chi connectivity index (χ0n) is 12.0. The normalized spacial score (nSPS) is 12.0. The standard InChI is InChI=1S/C15H13F3N2O3/c1-9(10-5-7-11(8-6-10)23-15(17)18)19-13-4-2-3-12(16)14(13)20(21)22/h2-9,15,19H,1H3. The van der Waals surface area contributed by atoms with Crippen molar-refractivity contribution in [2.24, 2.45) is 0 Å². The molecule has 5 nitrogen and oxygen atoms in total. The minimum absolute atomic E-state index is 0.00712. The van der Waals surface area contributed by atoms with Gasteiger partial charge in [0.2, 0.25) is 5.82 Å². The number of nitrogens with zero attached hydrogens (tertiary/aromatic N) is 1. The summed E-state index contributed by atoms with van der Waals surface area (Å²) in [5.41, 5.74) is 0.0672. The van der Waals surface area contributed by atoms with Crippen LogP contribution in [0.1, 0.15) is 18.5 Å². The van der Waals surface area contributed by atoms with Crippen molar-refractivity contribution in [3.05, 3.63) is 64.0 Å². The minimum Gasteiger partial charge on any atom is -0.435 e. The molecule has 122 valence electrons. The monoisotopic (exact) mass is 326 g/mol. The van der Waals surface area contributed by atoms with Gasteiger partial charge in [-0.3, -0.25) is 10.1 Å². The first kappa shape index (κ1) is 16.6. The molecule has 2 aromatic carbocycles. The van der Waals surface area contributed by atoms with Crippen molar-refractivity contribution < 1.29 is 22.8 Å². The summed E-state index contributed by atoms with van der Waals surface area (Å²) in [5.74, 6) is -0.930. The first-order valence-corrected chi connectivity index (χ1v) is 6.62. The third-order valence-corrected chi connectivity index (χ3v) is 3.15. The van der Waals surface area contributed by atoms with Gasteiger partial charge in [0, 0.05) is 6.04 Å². The predicted molar refractivity (Wildman–Crippen MR) is 78.2 cm³/mol. The molecule has 0 saturated heterocycles. The predicted octanol–water partition coefficient (Wildman–Crippen LogP) is 4.51. The van der Waals surface area contributed by atoms with Gasteiger partial charge in [-0.15, -0.1) is 0 Å². The molecule has 0 bridgehead atoms. The molecule has 23 heavy (non-hydrogen) atoms. The van der Waals surface area contributed by atoms with E-state index in [9.17, 15) is 23.3 Å². The van der Waals surface area contributed by atoms with E-state index in [1.807, 2.05) is 0 Å². The number of hydrogen-bond acceptors (Lipinski definition) is 4. The number of hydrogen-bond donors (Lipinski definition) is 1. The van der Waals surface area contributed by atoms with Gasteiger partial charge in [-0.05, 0) is 36.8 Å². The van der Waals surface area contributed by atoms with Crippen molar-refractivity contribution >= 4 is 11.4 Å². The lowest BCUT2D eigenvalue weighted by atomic mass is 10.1. The van der Waals surface area contributed by atoms with E-state index in [-0.39, 0.29) is 11.4 Å². The van der Waals surface area contributed by atoms with Gasteiger partial charge in [0.25, 0.3) is 0 Å². The van der Waals surface area contributed by atoms with Gasteiger partial charge >= 0.3 is 12.3 Å². The highest BCUT2D eigenvalue weighted by atomic mass is 19.3. The molecule has 0 amide bonds. The summed E-state index contributed by atoms with van der Waals surface area (Å²) in [4.78, 5) is 10.1. The first-order valence-electron chi connectivity index (χ1n) is 6.62. The average molecular weight is 326 g/mol. The van der Waals surface area contributed by atoms with E-state index in [2.05, 4.69) is 10.1 Å². The Balaban J connectivity index is 2.18. The van der Waals surface area contributed by atoms with Crippen molar-refractivity contribution in [1.29, 1.82) is 0 Å². The van der Waals surface area contributed by atoms with Crippen molar-refractivity contribution in [2.45, 2.75) is 19.6 Å². The van der Waals surface area contributed by atoms with Gasteiger partial charge in [-0.25, -0.2) is 0 Å². The molecule has 0 spiro atoms. The number of nitrogens with one attached hydrogen (secondary N) is 1. The van der Waals surface area contributed by atoms with Crippen LogP contribution in [0.5, 0.6) is 5.75 Å². The van der Waals surface area contributed by atoms with Gasteiger partial charge in [0.15, 0.2) is 0 Å². The van der Waals surface area contributed by atoms with Crippen molar-refractivity contribution in [2.75, 3.05) is 5.32 Å². The van der Waals surface area contributed by atoms with Crippen LogP contribution in [0, 0.1) is 15.9 Å². The number of anilines is 1. The Labute approximate surface area is 129 Å². The average Bonchev–Trinajstić information content (AvgIpc) is 2.47. The minimum atomic E-state index is -2.91. The number of halogens is 3. The molecule has 8 heteroatoms. The Morgan fingerprint density at radius 3 is 2.39 bits per heavy atom. The molecule has 1 N–H and O–H groups in total. The summed E-state index contributed by atoms with van der Waals surface area (Å²) >= 11 is 0. The van der Waals surface area contributed by atoms with Gasteiger partial charge < -0.3 is 10.1 Å². The number of benzene rings is 2. The van der Waals surface area contributed by atoms with Crippen LogP contribution in [0.25, 0.3) is 0 Å². The van der Waals surface area contributed by atoms with Crippen LogP contribution < -0.4 is 10.1 Å². The van der Waals surface area contributed by atoms with Crippen LogP contribution in [0.3, 0.4) is 0 Å². The van der Waals surface area contributed by atoms with E-state index in [4.69, 9.17) is 0 Å². The summed E-state index contributed by atoms with van der Waals surface area (Å²) in [6.45, 7) is -1.20. The summed E-state index contributed by atoms with van der Waals surface area (Å²) in [5, 5.41) is 13.8. The maximum atomic E-state index is 13.6. The largest absolute Gasteiger partial charge is 0.435 e. The summed E-state index contributed by atoms with van der Waals surface area (Å²) in [7, 11) is 0. The second kappa shape index (κ2) is 6.99. The SMILES string of the molecule is CC(Nc1cccc(F)c1[N+](=O)[O-])c1ccc(OC(F)F)cc1. The molecule has 2 aromatic rings. The van der Waals surface area contributed by atoms with E-state index in [0.29, 0.717) is 5.56 Å². The second-order valence-electron chi connectivity index (χ2n) is 4.71. The lowest BCUT2D eigenvalue weighted by Crippen LogP contribution is -2.09. The third kappa shape index (κ3) is 4.12. The molecular weight excluding hydrogens is 313 g/mol. The number of para-hydroxylation sites is 1. The van der Waals surface area contributed by atoms with E-state index < -0.39 is 29.1 Å². The summed E-state index contributed by atoms with van der Waals surface area (Å²) < 4.78 is 42.0. The van der Waals surface area contributed by atoms with Crippen LogP contribution >= 0.6 is 0 Å². The molecule has 0 aromatic heterocycles. The van der Waals surface area contributed by atoms with Crippen LogP contribution in [0.4, 0.5) is 24.5 Å². The highest BCUT2D eigenvalue weighted by molar-refractivity contribution is 5.62. The van der Waals surface area contributed by atoms with E-state index in [1.165, 1.54) is 24.3 Å². The van der Waals surface area contributed by atoms with Crippen LogP contribution in [-0.2, 0) is 0 Å². The smallest absolute Gasteiger partial charge is 0.387 e. The van der Waals surface area contributed by atoms with Crippen molar-refractivity contribution in [3.63, 3.8) is 0 Å². The molecule has 0 heterocycles. The maximum Gasteiger partial charge on any atom is 0.387 e. The molecule has 0 aliphatic heterocycles. The summed E-state index contributed by atoms with van der Waals surface area (Å²) in [6, 6.07) is 9.16. The summed E-state index contributed by atoms with van der Waals surface area (Å²) in [6.07, 6.45) is 0. The Morgan fingerprint density at radius 1 is 1.17 bits per heavy atom. The van der Waals surface area contributed by atoms with Crippen molar-refractivity contribution in [3.8, 4) is 5.75 Å². The molecule has 1 unspecified atom stereocenters. The molecule has 0 fully saturated rings. The second-order valence-corrected chi connectivity index (χ2v) is 4.71. The maximum absolute atomic E-state index is 13.6. The fourth-order valence-electron chi connectivity index (χ4n) is 2.07. The molecule has 0 aliphatic rings. The number of nitro groups is 1. The Morgan fingerprint density at radius 2 is 1.83 bits per heavy atom. The van der Waals surface area contributed by atoms with Crippen LogP contribution in [0.2, 0.25) is 0 Å². The highest BCUT2D eigenvalue weighted by Crippen LogP contribution is 2.30. The zero-order valence-corrected chi connectivity index (χ0v) is 12.0. The number of alkyl halides is 2. The van der Waals surface area contributed by atoms with Crippen LogP contribution in [-0.4, -0.2) is 11.5 Å². The first-order chi connectivity index (χ1) is 10.9. The third-order valence-electron chi connectivity index (χ3n) is 3.15. The Bertz CT molecular complexity index is 693. The van der Waals surface area contributed by atoms with Gasteiger partial charge in [0.1, 0.15) is 11.4 Å². The Hall–Kier alpha value is -2.77. The van der Waals surface area contributed by atoms with E-state index in [0.717, 1.165) is 6.07 Å². The number of rotatable bonds is 6. The lowest BCUT2D eigenvalue weighted by molar-refractivity contribution is -0.386. The molecule has 2 rings (SSSR count). The van der Waals surface area contributed by atoms with Crippen molar-refractivity contribution in [1.82, 2.24) is 0 Å². The molecule has 0 radical (unpaired) electrons. The fourth-order valence-corrected chi connectivity index (χ4v) is 2.07. The molecule has 1 atom stereocenters. The Kier molecular flexibility index (Phi) is 5.05. The lowest BCUT2D eigenvalue weighted by Gasteiger charge is -2.16. The van der Waals surface area contributed by atoms with E-state index >= 15 is 0 Å². The van der Waals surface area contributed by atoms with Gasteiger partial charge in [-0.2, -0.15) is 13.2 Å². The van der Waals surface area contributed by atoms with E-state index in [1.54, 1.807) is 19.1 Å². The van der Waals surface area contributed by atoms with Gasteiger partial charge in [-0.1, -0.05) is 18.2 Å². The van der Waals surface area contributed by atoms with Crippen LogP contribution in [0.15, 0.2) is 42.5 Å². The fraction of sp³-hybridized carbons (Fsp3) is 0.200. The topological polar surface area (TPSA) is 64.4 Å². The molecule has 0 aliphatic carbocycles.